The van der Waals surface area contributed by atoms with Crippen LogP contribution in [0.5, 0.6) is 0 Å². The minimum absolute atomic E-state index is 0.118. The third-order valence-corrected chi connectivity index (χ3v) is 5.10. The fourth-order valence-corrected chi connectivity index (χ4v) is 3.97. The largest absolute Gasteiger partial charge is 0.464 e. The van der Waals surface area contributed by atoms with E-state index in [1.54, 1.807) is 18.2 Å². The number of nitrogens with one attached hydrogen (secondary N) is 1. The van der Waals surface area contributed by atoms with Crippen LogP contribution >= 0.6 is 11.7 Å². The van der Waals surface area contributed by atoms with Gasteiger partial charge in [0.2, 0.25) is 5.91 Å². The number of benzene rings is 2. The van der Waals surface area contributed by atoms with Gasteiger partial charge < -0.3 is 9.73 Å². The Morgan fingerprint density at radius 1 is 1.12 bits per heavy atom. The van der Waals surface area contributed by atoms with Crippen LogP contribution in [0.2, 0.25) is 0 Å². The fraction of sp³-hybridized carbons (Fsp3) is 0.111. The average molecular weight is 349 g/mol. The van der Waals surface area contributed by atoms with Gasteiger partial charge in [-0.15, -0.1) is 0 Å². The Morgan fingerprint density at radius 2 is 2.00 bits per heavy atom. The van der Waals surface area contributed by atoms with E-state index in [9.17, 15) is 9.59 Å². The third kappa shape index (κ3) is 2.09. The zero-order valence-electron chi connectivity index (χ0n) is 12.9. The van der Waals surface area contributed by atoms with Crippen LogP contribution in [-0.4, -0.2) is 14.7 Å². The van der Waals surface area contributed by atoms with Gasteiger partial charge in [0.05, 0.1) is 23.4 Å². The van der Waals surface area contributed by atoms with Gasteiger partial charge in [-0.1, -0.05) is 12.1 Å². The lowest BCUT2D eigenvalue weighted by Gasteiger charge is -2.25. The maximum atomic E-state index is 13.0. The minimum atomic E-state index is -0.405. The Balaban J connectivity index is 1.81. The molecule has 1 amide bonds. The molecule has 3 heterocycles. The summed E-state index contributed by atoms with van der Waals surface area (Å²) >= 11 is 1.12. The number of hydrogen-bond donors (Lipinski definition) is 1. The van der Waals surface area contributed by atoms with Crippen LogP contribution in [0.3, 0.4) is 0 Å². The van der Waals surface area contributed by atoms with Crippen molar-refractivity contribution in [3.8, 4) is 0 Å². The van der Waals surface area contributed by atoms with Crippen molar-refractivity contribution >= 4 is 45.3 Å². The lowest BCUT2D eigenvalue weighted by molar-refractivity contribution is -0.116. The highest BCUT2D eigenvalue weighted by Gasteiger charge is 2.32. The van der Waals surface area contributed by atoms with Gasteiger partial charge in [0, 0.05) is 29.2 Å². The van der Waals surface area contributed by atoms with Crippen LogP contribution in [0.4, 0.5) is 5.69 Å². The predicted octanol–water partition coefficient (Wildman–Crippen LogP) is 3.27. The van der Waals surface area contributed by atoms with E-state index in [1.807, 2.05) is 18.2 Å². The fourth-order valence-electron chi connectivity index (χ4n) is 3.42. The van der Waals surface area contributed by atoms with Crippen molar-refractivity contribution < 1.29 is 9.21 Å². The van der Waals surface area contributed by atoms with Gasteiger partial charge in [-0.25, -0.2) is 0 Å². The van der Waals surface area contributed by atoms with E-state index >= 15 is 0 Å². The SMILES string of the molecule is O=C1CC(c2coc3ccccc3c2=O)c2c(ccc3nsnc23)N1. The molecular formula is C18H11N3O3S. The van der Waals surface area contributed by atoms with Crippen LogP contribution in [0.1, 0.15) is 23.5 Å². The van der Waals surface area contributed by atoms with Crippen molar-refractivity contribution in [1.82, 2.24) is 8.75 Å². The summed E-state index contributed by atoms with van der Waals surface area (Å²) < 4.78 is 14.3. The number of para-hydroxylation sites is 1. The zero-order valence-corrected chi connectivity index (χ0v) is 13.7. The van der Waals surface area contributed by atoms with Crippen LogP contribution in [0, 0.1) is 0 Å². The molecule has 2 aromatic carbocycles. The first kappa shape index (κ1) is 14.3. The highest BCUT2D eigenvalue weighted by Crippen LogP contribution is 2.40. The molecule has 1 aliphatic heterocycles. The molecule has 1 unspecified atom stereocenters. The van der Waals surface area contributed by atoms with Gasteiger partial charge in [0.15, 0.2) is 5.43 Å². The van der Waals surface area contributed by atoms with E-state index < -0.39 is 5.92 Å². The first-order valence-corrected chi connectivity index (χ1v) is 8.51. The molecular weight excluding hydrogens is 338 g/mol. The molecule has 0 radical (unpaired) electrons. The Hall–Kier alpha value is -3.06. The summed E-state index contributed by atoms with van der Waals surface area (Å²) in [4.78, 5) is 25.2. The van der Waals surface area contributed by atoms with Gasteiger partial charge in [0.1, 0.15) is 16.6 Å². The number of hydrogen-bond acceptors (Lipinski definition) is 6. The maximum Gasteiger partial charge on any atom is 0.225 e. The third-order valence-electron chi connectivity index (χ3n) is 4.56. The minimum Gasteiger partial charge on any atom is -0.464 e. The molecule has 1 aliphatic rings. The molecule has 0 spiro atoms. The molecule has 0 bridgehead atoms. The van der Waals surface area contributed by atoms with Crippen LogP contribution in [-0.2, 0) is 4.79 Å². The summed E-state index contributed by atoms with van der Waals surface area (Å²) in [7, 11) is 0. The van der Waals surface area contributed by atoms with Crippen LogP contribution in [0.25, 0.3) is 22.0 Å². The first-order chi connectivity index (χ1) is 12.2. The van der Waals surface area contributed by atoms with E-state index in [0.717, 1.165) is 28.3 Å². The molecule has 1 N–H and O–H groups in total. The number of fused-ring (bicyclic) bond motifs is 4. The highest BCUT2D eigenvalue weighted by molar-refractivity contribution is 7.00. The van der Waals surface area contributed by atoms with E-state index in [4.69, 9.17) is 4.42 Å². The van der Waals surface area contributed by atoms with Gasteiger partial charge in [-0.2, -0.15) is 8.75 Å². The molecule has 0 fully saturated rings. The Bertz CT molecular complexity index is 1210. The molecule has 2 aromatic heterocycles. The molecule has 0 saturated carbocycles. The Morgan fingerprint density at radius 3 is 2.92 bits per heavy atom. The smallest absolute Gasteiger partial charge is 0.225 e. The van der Waals surface area contributed by atoms with Crippen molar-refractivity contribution in [3.63, 3.8) is 0 Å². The lowest BCUT2D eigenvalue weighted by atomic mass is 9.84. The van der Waals surface area contributed by atoms with Gasteiger partial charge in [0.25, 0.3) is 0 Å². The van der Waals surface area contributed by atoms with Crippen molar-refractivity contribution in [2.75, 3.05) is 5.32 Å². The number of nitrogens with zero attached hydrogens (tertiary/aromatic N) is 2. The van der Waals surface area contributed by atoms with Crippen molar-refractivity contribution in [2.24, 2.45) is 0 Å². The van der Waals surface area contributed by atoms with E-state index in [-0.39, 0.29) is 17.8 Å². The molecule has 0 aliphatic carbocycles. The summed E-state index contributed by atoms with van der Waals surface area (Å²) in [6.45, 7) is 0. The predicted molar refractivity (Wildman–Crippen MR) is 95.0 cm³/mol. The maximum absolute atomic E-state index is 13.0. The Kier molecular flexibility index (Phi) is 2.98. The van der Waals surface area contributed by atoms with E-state index in [0.29, 0.717) is 22.2 Å². The summed E-state index contributed by atoms with van der Waals surface area (Å²) in [5, 5.41) is 3.37. The van der Waals surface area contributed by atoms with Crippen molar-refractivity contribution in [2.45, 2.75) is 12.3 Å². The molecule has 0 saturated heterocycles. The number of carbonyl (C=O) groups excluding carboxylic acids is 1. The molecule has 6 nitrogen and oxygen atoms in total. The van der Waals surface area contributed by atoms with Crippen LogP contribution < -0.4 is 10.7 Å². The van der Waals surface area contributed by atoms with Crippen molar-refractivity contribution in [1.29, 1.82) is 0 Å². The zero-order chi connectivity index (χ0) is 17.0. The summed E-state index contributed by atoms with van der Waals surface area (Å²) in [6, 6.07) is 10.7. The van der Waals surface area contributed by atoms with E-state index in [1.165, 1.54) is 6.26 Å². The number of anilines is 1. The summed E-state index contributed by atoms with van der Waals surface area (Å²) in [6.07, 6.45) is 1.64. The normalized spacial score (nSPS) is 16.8. The van der Waals surface area contributed by atoms with Crippen LogP contribution in [0.15, 0.2) is 51.9 Å². The topological polar surface area (TPSA) is 85.1 Å². The molecule has 122 valence electrons. The standard InChI is InChI=1S/C18H11N3O3S/c22-15-7-10(11-8-24-14-4-2-1-3-9(14)18(11)23)16-12(19-15)5-6-13-17(16)21-25-20-13/h1-6,8,10H,7H2,(H,19,22). The molecule has 1 atom stereocenters. The second-order valence-corrected chi connectivity index (χ2v) is 6.51. The first-order valence-electron chi connectivity index (χ1n) is 7.78. The second-order valence-electron chi connectivity index (χ2n) is 5.98. The molecule has 4 aromatic rings. The average Bonchev–Trinajstić information content (AvgIpc) is 3.10. The highest BCUT2D eigenvalue weighted by atomic mass is 32.1. The second kappa shape index (κ2) is 5.22. The Labute approximate surface area is 145 Å². The number of aromatic nitrogens is 2. The molecule has 7 heteroatoms. The summed E-state index contributed by atoms with van der Waals surface area (Å²) in [5.41, 5.74) is 3.87. The summed E-state index contributed by atoms with van der Waals surface area (Å²) in [5.74, 6) is -0.537. The lowest BCUT2D eigenvalue weighted by Crippen LogP contribution is -2.26. The number of carbonyl (C=O) groups is 1. The monoisotopic (exact) mass is 349 g/mol. The van der Waals surface area contributed by atoms with Gasteiger partial charge in [-0.3, -0.25) is 9.59 Å². The van der Waals surface area contributed by atoms with Gasteiger partial charge in [-0.05, 0) is 24.3 Å². The number of rotatable bonds is 1. The number of amides is 1. The van der Waals surface area contributed by atoms with E-state index in [2.05, 4.69) is 14.1 Å². The van der Waals surface area contributed by atoms with Crippen molar-refractivity contribution in [3.05, 3.63) is 64.0 Å². The molecule has 5 rings (SSSR count). The molecule has 25 heavy (non-hydrogen) atoms. The quantitative estimate of drug-likeness (QED) is 0.570. The van der Waals surface area contributed by atoms with Gasteiger partial charge >= 0.3 is 0 Å².